The summed E-state index contributed by atoms with van der Waals surface area (Å²) in [6.45, 7) is 1.51. The third-order valence-electron chi connectivity index (χ3n) is 4.29. The summed E-state index contributed by atoms with van der Waals surface area (Å²) in [6, 6.07) is 9.73. The molecular formula is C19H21FN2O2. The largest absolute Gasteiger partial charge is 0.484 e. The van der Waals surface area contributed by atoms with E-state index >= 15 is 0 Å². The van der Waals surface area contributed by atoms with Crippen molar-refractivity contribution < 1.29 is 13.9 Å². The van der Waals surface area contributed by atoms with Crippen LogP contribution in [0.2, 0.25) is 0 Å². The number of rotatable bonds is 5. The van der Waals surface area contributed by atoms with E-state index in [1.165, 1.54) is 29.8 Å². The highest BCUT2D eigenvalue weighted by Crippen LogP contribution is 2.21. The summed E-state index contributed by atoms with van der Waals surface area (Å²) in [7, 11) is 0. The molecule has 126 valence electrons. The van der Waals surface area contributed by atoms with Crippen molar-refractivity contribution in [2.24, 2.45) is 5.92 Å². The molecule has 3 rings (SSSR count). The van der Waals surface area contributed by atoms with Gasteiger partial charge in [0.25, 0.3) is 5.91 Å². The smallest absolute Gasteiger partial charge is 0.260 e. The van der Waals surface area contributed by atoms with Crippen molar-refractivity contribution in [3.63, 3.8) is 0 Å². The second-order valence-corrected chi connectivity index (χ2v) is 6.16. The number of benzene rings is 1. The number of amides is 1. The minimum absolute atomic E-state index is 0.00869. The number of piperidine rings is 1. The molecular weight excluding hydrogens is 307 g/mol. The summed E-state index contributed by atoms with van der Waals surface area (Å²) in [4.78, 5) is 18.4. The van der Waals surface area contributed by atoms with Gasteiger partial charge in [-0.2, -0.15) is 0 Å². The van der Waals surface area contributed by atoms with Crippen LogP contribution in [-0.2, 0) is 11.2 Å². The third kappa shape index (κ3) is 4.54. The highest BCUT2D eigenvalue weighted by Gasteiger charge is 2.24. The van der Waals surface area contributed by atoms with E-state index in [9.17, 15) is 9.18 Å². The summed E-state index contributed by atoms with van der Waals surface area (Å²) in [5.74, 6) is 0.629. The summed E-state index contributed by atoms with van der Waals surface area (Å²) >= 11 is 0. The van der Waals surface area contributed by atoms with Crippen molar-refractivity contribution in [3.8, 4) is 5.75 Å². The Balaban J connectivity index is 1.50. The average molecular weight is 328 g/mol. The van der Waals surface area contributed by atoms with Crippen LogP contribution in [0, 0.1) is 11.7 Å². The van der Waals surface area contributed by atoms with Crippen molar-refractivity contribution in [2.75, 3.05) is 19.7 Å². The van der Waals surface area contributed by atoms with Gasteiger partial charge < -0.3 is 9.64 Å². The summed E-state index contributed by atoms with van der Waals surface area (Å²) in [5, 5.41) is 0. The lowest BCUT2D eigenvalue weighted by Gasteiger charge is -2.32. The molecule has 1 saturated heterocycles. The second kappa shape index (κ2) is 7.90. The van der Waals surface area contributed by atoms with Crippen molar-refractivity contribution in [2.45, 2.75) is 19.3 Å². The molecule has 0 unspecified atom stereocenters. The number of aromatic nitrogens is 1. The van der Waals surface area contributed by atoms with E-state index in [2.05, 4.69) is 11.1 Å². The molecule has 0 bridgehead atoms. The Morgan fingerprint density at radius 1 is 1.29 bits per heavy atom. The molecule has 0 aliphatic carbocycles. The van der Waals surface area contributed by atoms with Crippen molar-refractivity contribution in [3.05, 3.63) is 60.2 Å². The quantitative estimate of drug-likeness (QED) is 0.847. The van der Waals surface area contributed by atoms with Gasteiger partial charge in [-0.1, -0.05) is 6.07 Å². The fourth-order valence-corrected chi connectivity index (χ4v) is 3.08. The predicted molar refractivity (Wildman–Crippen MR) is 89.1 cm³/mol. The number of halogens is 1. The Hall–Kier alpha value is -2.43. The molecule has 4 nitrogen and oxygen atoms in total. The lowest BCUT2D eigenvalue weighted by atomic mass is 9.92. The summed E-state index contributed by atoms with van der Waals surface area (Å²) in [6.07, 6.45) is 6.73. The van der Waals surface area contributed by atoms with E-state index in [4.69, 9.17) is 4.74 Å². The van der Waals surface area contributed by atoms with Gasteiger partial charge in [0.15, 0.2) is 6.61 Å². The van der Waals surface area contributed by atoms with Crippen molar-refractivity contribution >= 4 is 5.91 Å². The number of pyridine rings is 1. The van der Waals surface area contributed by atoms with E-state index < -0.39 is 0 Å². The molecule has 1 aromatic carbocycles. The summed E-state index contributed by atoms with van der Waals surface area (Å²) in [5.41, 5.74) is 1.21. The lowest BCUT2D eigenvalue weighted by molar-refractivity contribution is -0.135. The number of carbonyl (C=O) groups excluding carboxylic acids is 1. The van der Waals surface area contributed by atoms with E-state index in [0.717, 1.165) is 32.4 Å². The molecule has 0 saturated carbocycles. The van der Waals surface area contributed by atoms with Gasteiger partial charge in [0.2, 0.25) is 0 Å². The molecule has 1 aliphatic heterocycles. The highest BCUT2D eigenvalue weighted by atomic mass is 19.1. The van der Waals surface area contributed by atoms with Crippen LogP contribution < -0.4 is 4.74 Å². The second-order valence-electron chi connectivity index (χ2n) is 6.16. The molecule has 1 fully saturated rings. The zero-order valence-electron chi connectivity index (χ0n) is 13.5. The van der Waals surface area contributed by atoms with Crippen molar-refractivity contribution in [1.82, 2.24) is 9.88 Å². The zero-order valence-corrected chi connectivity index (χ0v) is 13.5. The molecule has 2 aromatic rings. The molecule has 1 aliphatic rings. The summed E-state index contributed by atoms with van der Waals surface area (Å²) < 4.78 is 18.3. The Morgan fingerprint density at radius 3 is 2.88 bits per heavy atom. The van der Waals surface area contributed by atoms with Gasteiger partial charge >= 0.3 is 0 Å². The lowest BCUT2D eigenvalue weighted by Crippen LogP contribution is -2.42. The monoisotopic (exact) mass is 328 g/mol. The third-order valence-corrected chi connectivity index (χ3v) is 4.29. The molecule has 0 spiro atoms. The maximum Gasteiger partial charge on any atom is 0.260 e. The molecule has 0 N–H and O–H groups in total. The fourth-order valence-electron chi connectivity index (χ4n) is 3.08. The SMILES string of the molecule is O=C(COc1ccc(F)cc1)N1CCC[C@@H](Cc2cccnc2)C1. The molecule has 24 heavy (non-hydrogen) atoms. The van der Waals surface area contributed by atoms with Crippen LogP contribution in [0.1, 0.15) is 18.4 Å². The van der Waals surface area contributed by atoms with Gasteiger partial charge in [0.1, 0.15) is 11.6 Å². The zero-order chi connectivity index (χ0) is 16.8. The van der Waals surface area contributed by atoms with Crippen molar-refractivity contribution in [1.29, 1.82) is 0 Å². The standard InChI is InChI=1S/C19H21FN2O2/c20-17-5-7-18(8-6-17)24-14-19(23)22-10-2-4-16(13-22)11-15-3-1-9-21-12-15/h1,3,5-9,12,16H,2,4,10-11,13-14H2/t16-/m0/s1. The molecule has 1 amide bonds. The number of likely N-dealkylation sites (tertiary alicyclic amines) is 1. The minimum Gasteiger partial charge on any atom is -0.484 e. The average Bonchev–Trinajstić information content (AvgIpc) is 2.62. The number of hydrogen-bond acceptors (Lipinski definition) is 3. The van der Waals surface area contributed by atoms with Gasteiger partial charge in [0.05, 0.1) is 0 Å². The van der Waals surface area contributed by atoms with Crippen LogP contribution in [-0.4, -0.2) is 35.5 Å². The normalized spacial score (nSPS) is 17.5. The predicted octanol–water partition coefficient (Wildman–Crippen LogP) is 3.08. The first-order valence-corrected chi connectivity index (χ1v) is 8.26. The maximum atomic E-state index is 12.9. The Morgan fingerprint density at radius 2 is 2.12 bits per heavy atom. The Labute approximate surface area is 141 Å². The number of hydrogen-bond donors (Lipinski definition) is 0. The highest BCUT2D eigenvalue weighted by molar-refractivity contribution is 5.77. The number of ether oxygens (including phenoxy) is 1. The minimum atomic E-state index is -0.317. The van der Waals surface area contributed by atoms with Crippen LogP contribution >= 0.6 is 0 Å². The van der Waals surface area contributed by atoms with Gasteiger partial charge in [0, 0.05) is 25.5 Å². The van der Waals surface area contributed by atoms with E-state index in [-0.39, 0.29) is 18.3 Å². The van der Waals surface area contributed by atoms with Gasteiger partial charge in [-0.15, -0.1) is 0 Å². The van der Waals surface area contributed by atoms with Crippen LogP contribution in [0.3, 0.4) is 0 Å². The Kier molecular flexibility index (Phi) is 5.41. The van der Waals surface area contributed by atoms with Crippen LogP contribution in [0.4, 0.5) is 4.39 Å². The maximum absolute atomic E-state index is 12.9. The van der Waals surface area contributed by atoms with E-state index in [1.54, 1.807) is 6.20 Å². The first-order chi connectivity index (χ1) is 11.7. The Bertz CT molecular complexity index is 661. The topological polar surface area (TPSA) is 42.4 Å². The van der Waals surface area contributed by atoms with Crippen LogP contribution in [0.15, 0.2) is 48.8 Å². The number of nitrogens with zero attached hydrogens (tertiary/aromatic N) is 2. The first-order valence-electron chi connectivity index (χ1n) is 8.26. The van der Waals surface area contributed by atoms with Gasteiger partial charge in [-0.25, -0.2) is 4.39 Å². The van der Waals surface area contributed by atoms with E-state index in [0.29, 0.717) is 11.7 Å². The molecule has 1 atom stereocenters. The van der Waals surface area contributed by atoms with Crippen LogP contribution in [0.25, 0.3) is 0 Å². The van der Waals surface area contributed by atoms with Gasteiger partial charge in [-0.05, 0) is 61.1 Å². The number of carbonyl (C=O) groups is 1. The van der Waals surface area contributed by atoms with E-state index in [1.807, 2.05) is 17.2 Å². The molecule has 2 heterocycles. The molecule has 0 radical (unpaired) electrons. The van der Waals surface area contributed by atoms with Crippen LogP contribution in [0.5, 0.6) is 5.75 Å². The molecule has 1 aromatic heterocycles. The molecule has 5 heteroatoms. The fraction of sp³-hybridized carbons (Fsp3) is 0.368. The van der Waals surface area contributed by atoms with Gasteiger partial charge in [-0.3, -0.25) is 9.78 Å². The first kappa shape index (κ1) is 16.4.